The number of carbonyl (C=O) groups excluding carboxylic acids is 1. The van der Waals surface area contributed by atoms with E-state index >= 15 is 0 Å². The molecular formula is C15H19ClO4. The summed E-state index contributed by atoms with van der Waals surface area (Å²) in [5, 5.41) is 9.79. The van der Waals surface area contributed by atoms with Gasteiger partial charge in [0.25, 0.3) is 0 Å². The van der Waals surface area contributed by atoms with Crippen LogP contribution in [0.1, 0.15) is 32.8 Å². The van der Waals surface area contributed by atoms with Crippen molar-refractivity contribution >= 4 is 23.5 Å². The highest BCUT2D eigenvalue weighted by Gasteiger charge is 2.25. The number of halogens is 1. The topological polar surface area (TPSA) is 63.6 Å². The molecule has 1 aromatic carbocycles. The van der Waals surface area contributed by atoms with Gasteiger partial charge in [0.1, 0.15) is 5.60 Å². The predicted molar refractivity (Wildman–Crippen MR) is 76.7 cm³/mol. The Morgan fingerprint density at radius 3 is 2.25 bits per heavy atom. The van der Waals surface area contributed by atoms with Gasteiger partial charge in [-0.1, -0.05) is 23.7 Å². The minimum atomic E-state index is -1.01. The zero-order valence-electron chi connectivity index (χ0n) is 11.9. The molecule has 0 aliphatic heterocycles. The summed E-state index contributed by atoms with van der Waals surface area (Å²) in [6, 6.07) is 6.91. The van der Waals surface area contributed by atoms with E-state index < -0.39 is 23.5 Å². The molecule has 110 valence electrons. The quantitative estimate of drug-likeness (QED) is 0.847. The molecule has 1 atom stereocenters. The van der Waals surface area contributed by atoms with Gasteiger partial charge in [0, 0.05) is 5.02 Å². The van der Waals surface area contributed by atoms with Gasteiger partial charge in [0.2, 0.25) is 0 Å². The second-order valence-corrected chi connectivity index (χ2v) is 6.09. The molecule has 1 N–H and O–H groups in total. The Hall–Kier alpha value is -1.55. The first-order valence-corrected chi connectivity index (χ1v) is 6.74. The number of rotatable bonds is 5. The highest BCUT2D eigenvalue weighted by atomic mass is 35.5. The van der Waals surface area contributed by atoms with Crippen LogP contribution in [0.4, 0.5) is 0 Å². The lowest BCUT2D eigenvalue weighted by atomic mass is 9.96. The van der Waals surface area contributed by atoms with Gasteiger partial charge >= 0.3 is 11.9 Å². The molecule has 1 aromatic rings. The molecule has 0 heterocycles. The summed E-state index contributed by atoms with van der Waals surface area (Å²) < 4.78 is 5.15. The molecule has 0 radical (unpaired) electrons. The molecule has 1 rings (SSSR count). The van der Waals surface area contributed by atoms with E-state index in [0.29, 0.717) is 5.02 Å². The second kappa shape index (κ2) is 6.75. The molecule has 0 aliphatic carbocycles. The van der Waals surface area contributed by atoms with Crippen LogP contribution < -0.4 is 0 Å². The Bertz CT molecular complexity index is 474. The maximum absolute atomic E-state index is 11.7. The van der Waals surface area contributed by atoms with Gasteiger partial charge in [-0.25, -0.2) is 0 Å². The first kappa shape index (κ1) is 16.5. The molecule has 0 aromatic heterocycles. The van der Waals surface area contributed by atoms with Crippen molar-refractivity contribution in [3.05, 3.63) is 34.9 Å². The van der Waals surface area contributed by atoms with Crippen molar-refractivity contribution in [3.63, 3.8) is 0 Å². The van der Waals surface area contributed by atoms with Crippen LogP contribution in [0.3, 0.4) is 0 Å². The third-order valence-corrected chi connectivity index (χ3v) is 2.83. The van der Waals surface area contributed by atoms with E-state index in [2.05, 4.69) is 0 Å². The summed E-state index contributed by atoms with van der Waals surface area (Å²) in [5.74, 6) is -2.31. The lowest BCUT2D eigenvalue weighted by Crippen LogP contribution is -2.28. The average molecular weight is 299 g/mol. The Kier molecular flexibility index (Phi) is 5.57. The molecule has 4 nitrogen and oxygen atoms in total. The van der Waals surface area contributed by atoms with Gasteiger partial charge in [-0.2, -0.15) is 0 Å². The van der Waals surface area contributed by atoms with Crippen LogP contribution >= 0.6 is 11.6 Å². The molecule has 0 aliphatic rings. The summed E-state index contributed by atoms with van der Waals surface area (Å²) in [6.07, 6.45) is 0.126. The van der Waals surface area contributed by atoms with E-state index in [-0.39, 0.29) is 12.8 Å². The van der Waals surface area contributed by atoms with Crippen LogP contribution in [0, 0.1) is 5.92 Å². The molecule has 5 heteroatoms. The molecule has 1 unspecified atom stereocenters. The van der Waals surface area contributed by atoms with Gasteiger partial charge in [-0.3, -0.25) is 9.59 Å². The maximum atomic E-state index is 11.7. The number of aliphatic carboxylic acids is 1. The normalized spacial score (nSPS) is 12.8. The number of carboxylic acids is 1. The number of carboxylic acid groups (broad SMARTS) is 1. The lowest BCUT2D eigenvalue weighted by Gasteiger charge is -2.21. The van der Waals surface area contributed by atoms with Crippen molar-refractivity contribution in [1.82, 2.24) is 0 Å². The van der Waals surface area contributed by atoms with Crippen molar-refractivity contribution < 1.29 is 19.4 Å². The lowest BCUT2D eigenvalue weighted by molar-refractivity contribution is -0.159. The predicted octanol–water partition coefficient (Wildman–Crippen LogP) is 3.32. The van der Waals surface area contributed by atoms with Crippen molar-refractivity contribution in [2.45, 2.75) is 39.2 Å². The zero-order valence-corrected chi connectivity index (χ0v) is 12.6. The number of ether oxygens (including phenoxy) is 1. The maximum Gasteiger partial charge on any atom is 0.307 e. The smallest absolute Gasteiger partial charge is 0.307 e. The highest BCUT2D eigenvalue weighted by molar-refractivity contribution is 6.30. The molecule has 0 amide bonds. The van der Waals surface area contributed by atoms with E-state index in [1.165, 1.54) is 0 Å². The fourth-order valence-corrected chi connectivity index (χ4v) is 1.86. The van der Waals surface area contributed by atoms with E-state index in [1.807, 2.05) is 0 Å². The fraction of sp³-hybridized carbons (Fsp3) is 0.467. The van der Waals surface area contributed by atoms with Gasteiger partial charge in [-0.05, 0) is 44.9 Å². The van der Waals surface area contributed by atoms with E-state index in [0.717, 1.165) is 5.56 Å². The summed E-state index contributed by atoms with van der Waals surface area (Å²) in [5.41, 5.74) is 0.214. The third kappa shape index (κ3) is 6.06. The fourth-order valence-electron chi connectivity index (χ4n) is 1.74. The van der Waals surface area contributed by atoms with Gasteiger partial charge in [-0.15, -0.1) is 0 Å². The molecule has 0 fully saturated rings. The van der Waals surface area contributed by atoms with Crippen LogP contribution in [0.5, 0.6) is 0 Å². The van der Waals surface area contributed by atoms with Crippen molar-refractivity contribution in [1.29, 1.82) is 0 Å². The van der Waals surface area contributed by atoms with Gasteiger partial charge in [0.15, 0.2) is 0 Å². The minimum absolute atomic E-state index is 0.144. The SMILES string of the molecule is CC(C)(C)OC(=O)CC(Cc1ccc(Cl)cc1)C(=O)O. The van der Waals surface area contributed by atoms with Crippen LogP contribution in [0.25, 0.3) is 0 Å². The number of hydrogen-bond donors (Lipinski definition) is 1. The van der Waals surface area contributed by atoms with Crippen LogP contribution in [-0.2, 0) is 20.7 Å². The van der Waals surface area contributed by atoms with E-state index in [1.54, 1.807) is 45.0 Å². The monoisotopic (exact) mass is 298 g/mol. The number of hydrogen-bond acceptors (Lipinski definition) is 3. The Balaban J connectivity index is 2.68. The van der Waals surface area contributed by atoms with Crippen molar-refractivity contribution in [3.8, 4) is 0 Å². The summed E-state index contributed by atoms with van der Waals surface area (Å²) in [7, 11) is 0. The summed E-state index contributed by atoms with van der Waals surface area (Å²) in [4.78, 5) is 22.9. The first-order chi connectivity index (χ1) is 9.17. The minimum Gasteiger partial charge on any atom is -0.481 e. The average Bonchev–Trinajstić information content (AvgIpc) is 2.28. The number of benzene rings is 1. The zero-order chi connectivity index (χ0) is 15.3. The second-order valence-electron chi connectivity index (χ2n) is 5.66. The van der Waals surface area contributed by atoms with E-state index in [4.69, 9.17) is 16.3 Å². The summed E-state index contributed by atoms with van der Waals surface area (Å²) >= 11 is 5.78. The molecular weight excluding hydrogens is 280 g/mol. The van der Waals surface area contributed by atoms with E-state index in [9.17, 15) is 14.7 Å². The molecule has 0 saturated heterocycles. The van der Waals surface area contributed by atoms with Gasteiger partial charge in [0.05, 0.1) is 12.3 Å². The standard InChI is InChI=1S/C15H19ClO4/c1-15(2,3)20-13(17)9-11(14(18)19)8-10-4-6-12(16)7-5-10/h4-7,11H,8-9H2,1-3H3,(H,18,19). The van der Waals surface area contributed by atoms with Crippen LogP contribution in [-0.4, -0.2) is 22.6 Å². The number of esters is 1. The van der Waals surface area contributed by atoms with Crippen LogP contribution in [0.15, 0.2) is 24.3 Å². The molecule has 0 saturated carbocycles. The Morgan fingerprint density at radius 2 is 1.80 bits per heavy atom. The largest absolute Gasteiger partial charge is 0.481 e. The van der Waals surface area contributed by atoms with Crippen molar-refractivity contribution in [2.75, 3.05) is 0 Å². The molecule has 20 heavy (non-hydrogen) atoms. The Morgan fingerprint density at radius 1 is 1.25 bits per heavy atom. The first-order valence-electron chi connectivity index (χ1n) is 6.36. The third-order valence-electron chi connectivity index (χ3n) is 2.58. The highest BCUT2D eigenvalue weighted by Crippen LogP contribution is 2.18. The van der Waals surface area contributed by atoms with Crippen molar-refractivity contribution in [2.24, 2.45) is 5.92 Å². The molecule has 0 bridgehead atoms. The molecule has 0 spiro atoms. The Labute approximate surface area is 123 Å². The summed E-state index contributed by atoms with van der Waals surface area (Å²) in [6.45, 7) is 5.25. The van der Waals surface area contributed by atoms with Crippen LogP contribution in [0.2, 0.25) is 5.02 Å². The van der Waals surface area contributed by atoms with Gasteiger partial charge < -0.3 is 9.84 Å². The number of carbonyl (C=O) groups is 2.